The largest absolute Gasteiger partial charge is 0.573 e. The molecular formula is C24H23F3N2O4S. The summed E-state index contributed by atoms with van der Waals surface area (Å²) in [7, 11) is -4.09. The molecule has 0 bridgehead atoms. The molecule has 1 amide bonds. The molecule has 3 aromatic rings. The smallest absolute Gasteiger partial charge is 0.406 e. The molecule has 0 aromatic heterocycles. The Labute approximate surface area is 196 Å². The van der Waals surface area contributed by atoms with Crippen LogP contribution in [0.25, 0.3) is 0 Å². The summed E-state index contributed by atoms with van der Waals surface area (Å²) in [5, 5.41) is 2.51. The van der Waals surface area contributed by atoms with E-state index in [0.717, 1.165) is 27.6 Å². The second-order valence-corrected chi connectivity index (χ2v) is 9.60. The Morgan fingerprint density at radius 2 is 1.50 bits per heavy atom. The maximum atomic E-state index is 13.5. The number of hydrogen-bond donors (Lipinski definition) is 1. The lowest BCUT2D eigenvalue weighted by Gasteiger charge is -2.26. The highest BCUT2D eigenvalue weighted by Crippen LogP contribution is 2.28. The Bertz CT molecular complexity index is 1270. The molecule has 34 heavy (non-hydrogen) atoms. The maximum absolute atomic E-state index is 13.5. The number of sulfonamides is 1. The van der Waals surface area contributed by atoms with Crippen LogP contribution < -0.4 is 14.4 Å². The fraction of sp³-hybridized carbons (Fsp3) is 0.208. The van der Waals surface area contributed by atoms with Crippen molar-refractivity contribution in [2.24, 2.45) is 0 Å². The lowest BCUT2D eigenvalue weighted by Crippen LogP contribution is -2.38. The van der Waals surface area contributed by atoms with E-state index in [9.17, 15) is 26.4 Å². The van der Waals surface area contributed by atoms with Crippen LogP contribution in [-0.2, 0) is 14.8 Å². The zero-order valence-electron chi connectivity index (χ0n) is 18.7. The van der Waals surface area contributed by atoms with Gasteiger partial charge in [0.15, 0.2) is 0 Å². The lowest BCUT2D eigenvalue weighted by atomic mass is 10.1. The van der Waals surface area contributed by atoms with Crippen LogP contribution in [0.15, 0.2) is 71.6 Å². The molecule has 3 rings (SSSR count). The number of nitrogens with zero attached hydrogens (tertiary/aromatic N) is 1. The Kier molecular flexibility index (Phi) is 7.21. The zero-order chi connectivity index (χ0) is 25.1. The molecule has 0 aliphatic heterocycles. The lowest BCUT2D eigenvalue weighted by molar-refractivity contribution is -0.274. The predicted molar refractivity (Wildman–Crippen MR) is 123 cm³/mol. The summed E-state index contributed by atoms with van der Waals surface area (Å²) in [5.41, 5.74) is 3.01. The first-order chi connectivity index (χ1) is 15.8. The third kappa shape index (κ3) is 6.28. The molecule has 10 heteroatoms. The normalized spacial score (nSPS) is 11.7. The van der Waals surface area contributed by atoms with E-state index in [-0.39, 0.29) is 10.6 Å². The monoisotopic (exact) mass is 492 g/mol. The number of carbonyl (C=O) groups excluding carboxylic acids is 1. The van der Waals surface area contributed by atoms with Gasteiger partial charge < -0.3 is 10.1 Å². The highest BCUT2D eigenvalue weighted by Gasteiger charge is 2.31. The van der Waals surface area contributed by atoms with Crippen molar-refractivity contribution < 1.29 is 31.1 Å². The minimum absolute atomic E-state index is 0.0273. The van der Waals surface area contributed by atoms with Gasteiger partial charge in [0, 0.05) is 5.69 Å². The van der Waals surface area contributed by atoms with Crippen LogP contribution >= 0.6 is 0 Å². The summed E-state index contributed by atoms with van der Waals surface area (Å²) in [6, 6.07) is 16.0. The summed E-state index contributed by atoms with van der Waals surface area (Å²) in [4.78, 5) is 12.8. The summed E-state index contributed by atoms with van der Waals surface area (Å²) in [6.07, 6.45) is -4.83. The predicted octanol–water partition coefficient (Wildman–Crippen LogP) is 5.34. The van der Waals surface area contributed by atoms with E-state index in [1.54, 1.807) is 31.2 Å². The van der Waals surface area contributed by atoms with Gasteiger partial charge in [0.1, 0.15) is 12.3 Å². The quantitative estimate of drug-likeness (QED) is 0.483. The Hall–Kier alpha value is -3.53. The number of anilines is 2. The number of aryl methyl sites for hydroxylation is 3. The molecule has 3 aromatic carbocycles. The van der Waals surface area contributed by atoms with Gasteiger partial charge in [0.25, 0.3) is 10.0 Å². The van der Waals surface area contributed by atoms with E-state index in [2.05, 4.69) is 10.1 Å². The fourth-order valence-electron chi connectivity index (χ4n) is 3.29. The summed E-state index contributed by atoms with van der Waals surface area (Å²) >= 11 is 0. The van der Waals surface area contributed by atoms with Gasteiger partial charge in [-0.2, -0.15) is 0 Å². The van der Waals surface area contributed by atoms with Crippen molar-refractivity contribution in [1.29, 1.82) is 0 Å². The minimum Gasteiger partial charge on any atom is -0.406 e. The van der Waals surface area contributed by atoms with Gasteiger partial charge in [0.05, 0.1) is 10.6 Å². The molecule has 0 atom stereocenters. The van der Waals surface area contributed by atoms with Crippen molar-refractivity contribution in [2.75, 3.05) is 16.2 Å². The van der Waals surface area contributed by atoms with Crippen LogP contribution in [0.2, 0.25) is 0 Å². The minimum atomic E-state index is -4.83. The summed E-state index contributed by atoms with van der Waals surface area (Å²) in [5.74, 6) is -1.11. The van der Waals surface area contributed by atoms with Crippen molar-refractivity contribution in [3.05, 3.63) is 83.4 Å². The number of halogens is 3. The molecule has 0 heterocycles. The van der Waals surface area contributed by atoms with Crippen molar-refractivity contribution in [3.63, 3.8) is 0 Å². The number of alkyl halides is 3. The van der Waals surface area contributed by atoms with Gasteiger partial charge in [-0.15, -0.1) is 13.2 Å². The molecule has 0 radical (unpaired) electrons. The SMILES string of the molecule is Cc1ccc(S(=O)(=O)N(CC(=O)Nc2ccc(OC(F)(F)F)cc2)c2ccc(C)cc2C)cc1. The molecular weight excluding hydrogens is 469 g/mol. The topological polar surface area (TPSA) is 75.7 Å². The number of carbonyl (C=O) groups is 1. The Balaban J connectivity index is 1.88. The summed E-state index contributed by atoms with van der Waals surface area (Å²) in [6.45, 7) is 4.91. The van der Waals surface area contributed by atoms with Gasteiger partial charge in [-0.25, -0.2) is 8.42 Å². The molecule has 0 aliphatic carbocycles. The van der Waals surface area contributed by atoms with E-state index in [1.807, 2.05) is 19.9 Å². The molecule has 180 valence electrons. The molecule has 0 aliphatic rings. The van der Waals surface area contributed by atoms with Crippen molar-refractivity contribution >= 4 is 27.3 Å². The van der Waals surface area contributed by atoms with Crippen molar-refractivity contribution in [1.82, 2.24) is 0 Å². The van der Waals surface area contributed by atoms with Gasteiger partial charge >= 0.3 is 6.36 Å². The molecule has 0 spiro atoms. The zero-order valence-corrected chi connectivity index (χ0v) is 19.5. The molecule has 6 nitrogen and oxygen atoms in total. The van der Waals surface area contributed by atoms with Crippen molar-refractivity contribution in [2.45, 2.75) is 32.0 Å². The maximum Gasteiger partial charge on any atom is 0.573 e. The molecule has 0 unspecified atom stereocenters. The van der Waals surface area contributed by atoms with Gasteiger partial charge in [-0.05, 0) is 68.8 Å². The third-order valence-electron chi connectivity index (χ3n) is 4.89. The fourth-order valence-corrected chi connectivity index (χ4v) is 4.78. The van der Waals surface area contributed by atoms with Crippen LogP contribution in [0.5, 0.6) is 5.75 Å². The van der Waals surface area contributed by atoms with Gasteiger partial charge in [-0.3, -0.25) is 9.10 Å². The van der Waals surface area contributed by atoms with Gasteiger partial charge in [-0.1, -0.05) is 35.4 Å². The Morgan fingerprint density at radius 1 is 0.912 bits per heavy atom. The number of hydrogen-bond acceptors (Lipinski definition) is 4. The Morgan fingerprint density at radius 3 is 2.06 bits per heavy atom. The first-order valence-corrected chi connectivity index (χ1v) is 11.6. The average Bonchev–Trinajstić information content (AvgIpc) is 2.73. The number of benzene rings is 3. The van der Waals surface area contributed by atoms with Crippen molar-refractivity contribution in [3.8, 4) is 5.75 Å². The van der Waals surface area contributed by atoms with E-state index in [4.69, 9.17) is 0 Å². The highest BCUT2D eigenvalue weighted by atomic mass is 32.2. The van der Waals surface area contributed by atoms with E-state index >= 15 is 0 Å². The molecule has 0 saturated carbocycles. The number of rotatable bonds is 7. The number of ether oxygens (including phenoxy) is 1. The van der Waals surface area contributed by atoms with Crippen LogP contribution in [0, 0.1) is 20.8 Å². The number of nitrogens with one attached hydrogen (secondary N) is 1. The standard InChI is InChI=1S/C24H23F3N2O4S/c1-16-4-11-21(12-5-16)34(31,32)29(22-13-6-17(2)14-18(22)3)15-23(30)28-19-7-9-20(10-8-19)33-24(25,26)27/h4-14H,15H2,1-3H3,(H,28,30). The second-order valence-electron chi connectivity index (χ2n) is 7.74. The first-order valence-electron chi connectivity index (χ1n) is 10.2. The van der Waals surface area contributed by atoms with Gasteiger partial charge in [0.2, 0.25) is 5.91 Å². The molecule has 0 saturated heterocycles. The second kappa shape index (κ2) is 9.76. The number of amides is 1. The average molecular weight is 493 g/mol. The third-order valence-corrected chi connectivity index (χ3v) is 6.66. The first kappa shape index (κ1) is 25.1. The van der Waals surface area contributed by atoms with E-state index < -0.39 is 34.6 Å². The van der Waals surface area contributed by atoms with Crippen LogP contribution in [0.3, 0.4) is 0 Å². The highest BCUT2D eigenvalue weighted by molar-refractivity contribution is 7.92. The molecule has 0 fully saturated rings. The van der Waals surface area contributed by atoms with Crippen LogP contribution in [0.1, 0.15) is 16.7 Å². The van der Waals surface area contributed by atoms with E-state index in [0.29, 0.717) is 11.3 Å². The molecule has 1 N–H and O–H groups in total. The van der Waals surface area contributed by atoms with Crippen LogP contribution in [0.4, 0.5) is 24.5 Å². The van der Waals surface area contributed by atoms with E-state index in [1.165, 1.54) is 24.3 Å². The summed E-state index contributed by atoms with van der Waals surface area (Å²) < 4.78 is 68.8. The van der Waals surface area contributed by atoms with Crippen LogP contribution in [-0.4, -0.2) is 27.2 Å².